The highest BCUT2D eigenvalue weighted by Crippen LogP contribution is 2.27. The van der Waals surface area contributed by atoms with Gasteiger partial charge in [-0.2, -0.15) is 0 Å². The zero-order valence-corrected chi connectivity index (χ0v) is 9.93. The molecule has 0 radical (unpaired) electrons. The van der Waals surface area contributed by atoms with Gasteiger partial charge >= 0.3 is 0 Å². The van der Waals surface area contributed by atoms with Gasteiger partial charge in [0.2, 0.25) is 0 Å². The smallest absolute Gasteiger partial charge is 0.159 e. The van der Waals surface area contributed by atoms with Gasteiger partial charge in [0.25, 0.3) is 0 Å². The lowest BCUT2D eigenvalue weighted by molar-refractivity contribution is 0.147. The van der Waals surface area contributed by atoms with Gasteiger partial charge in [-0.25, -0.2) is 8.78 Å². The molecule has 0 spiro atoms. The van der Waals surface area contributed by atoms with Crippen molar-refractivity contribution in [3.63, 3.8) is 0 Å². The van der Waals surface area contributed by atoms with Crippen molar-refractivity contribution >= 4 is 0 Å². The van der Waals surface area contributed by atoms with Gasteiger partial charge in [0.05, 0.1) is 6.10 Å². The van der Waals surface area contributed by atoms with Crippen LogP contribution >= 0.6 is 0 Å². The summed E-state index contributed by atoms with van der Waals surface area (Å²) in [5.74, 6) is -1.79. The van der Waals surface area contributed by atoms with Crippen molar-refractivity contribution in [1.82, 2.24) is 0 Å². The molecule has 1 aromatic carbocycles. The Morgan fingerprint density at radius 3 is 2.31 bits per heavy atom. The zero-order chi connectivity index (χ0) is 12.3. The predicted octanol–water partition coefficient (Wildman–Crippen LogP) is 3.82. The van der Waals surface area contributed by atoms with Gasteiger partial charge in [0.15, 0.2) is 11.6 Å². The summed E-state index contributed by atoms with van der Waals surface area (Å²) in [6.07, 6.45) is 0.649. The maximum atomic E-state index is 12.9. The van der Waals surface area contributed by atoms with Crippen LogP contribution in [0.2, 0.25) is 0 Å². The minimum atomic E-state index is -0.910. The molecule has 90 valence electrons. The largest absolute Gasteiger partial charge is 0.388 e. The molecule has 1 nitrogen and oxygen atoms in total. The Morgan fingerprint density at radius 2 is 1.81 bits per heavy atom. The number of aliphatic hydroxyl groups is 1. The monoisotopic (exact) mass is 228 g/mol. The molecule has 0 aliphatic heterocycles. The Balaban J connectivity index is 2.66. The van der Waals surface area contributed by atoms with Gasteiger partial charge in [-0.1, -0.05) is 26.8 Å². The summed E-state index contributed by atoms with van der Waals surface area (Å²) < 4.78 is 25.6. The fourth-order valence-electron chi connectivity index (χ4n) is 1.46. The molecule has 0 amide bonds. The lowest BCUT2D eigenvalue weighted by Crippen LogP contribution is -2.08. The Morgan fingerprint density at radius 1 is 1.19 bits per heavy atom. The van der Waals surface area contributed by atoms with E-state index in [4.69, 9.17) is 0 Å². The third-order valence-corrected chi connectivity index (χ3v) is 2.50. The average molecular weight is 228 g/mol. The second-order valence-corrected chi connectivity index (χ2v) is 5.29. The summed E-state index contributed by atoms with van der Waals surface area (Å²) in [4.78, 5) is 0. The van der Waals surface area contributed by atoms with Crippen LogP contribution in [0, 0.1) is 17.0 Å². The van der Waals surface area contributed by atoms with Crippen LogP contribution in [0.4, 0.5) is 8.78 Å². The van der Waals surface area contributed by atoms with Crippen LogP contribution in [0.25, 0.3) is 0 Å². The maximum Gasteiger partial charge on any atom is 0.159 e. The lowest BCUT2D eigenvalue weighted by atomic mass is 9.88. The highest BCUT2D eigenvalue weighted by molar-refractivity contribution is 5.19. The van der Waals surface area contributed by atoms with Gasteiger partial charge in [-0.05, 0) is 36.0 Å². The van der Waals surface area contributed by atoms with Crippen LogP contribution in [0.3, 0.4) is 0 Å². The van der Waals surface area contributed by atoms with Crippen LogP contribution in [0.5, 0.6) is 0 Å². The van der Waals surface area contributed by atoms with Gasteiger partial charge < -0.3 is 5.11 Å². The van der Waals surface area contributed by atoms with E-state index in [9.17, 15) is 13.9 Å². The first-order valence-corrected chi connectivity index (χ1v) is 5.42. The summed E-state index contributed by atoms with van der Waals surface area (Å²) in [6.45, 7) is 6.22. The van der Waals surface area contributed by atoms with E-state index in [-0.39, 0.29) is 5.41 Å². The molecule has 16 heavy (non-hydrogen) atoms. The summed E-state index contributed by atoms with van der Waals surface area (Å²) in [5.41, 5.74) is 0.558. The van der Waals surface area contributed by atoms with Crippen molar-refractivity contribution in [1.29, 1.82) is 0 Å². The SMILES string of the molecule is CC(C)(C)CCC(O)c1ccc(F)c(F)c1. The van der Waals surface area contributed by atoms with Gasteiger partial charge in [0, 0.05) is 0 Å². The molecule has 0 aliphatic carbocycles. The highest BCUT2D eigenvalue weighted by atomic mass is 19.2. The van der Waals surface area contributed by atoms with Crippen LogP contribution in [-0.2, 0) is 0 Å². The Hall–Kier alpha value is -0.960. The van der Waals surface area contributed by atoms with E-state index in [0.29, 0.717) is 12.0 Å². The highest BCUT2D eigenvalue weighted by Gasteiger charge is 2.15. The quantitative estimate of drug-likeness (QED) is 0.833. The van der Waals surface area contributed by atoms with E-state index in [1.54, 1.807) is 0 Å². The minimum absolute atomic E-state index is 0.125. The third kappa shape index (κ3) is 3.89. The second-order valence-electron chi connectivity index (χ2n) is 5.29. The van der Waals surface area contributed by atoms with Crippen LogP contribution in [0.15, 0.2) is 18.2 Å². The van der Waals surface area contributed by atoms with E-state index in [2.05, 4.69) is 20.8 Å². The molecule has 0 saturated carbocycles. The molecule has 0 aliphatic rings. The Kier molecular flexibility index (Phi) is 4.03. The molecule has 0 aromatic heterocycles. The van der Waals surface area contributed by atoms with Crippen LogP contribution in [0.1, 0.15) is 45.3 Å². The Bertz CT molecular complexity index is 355. The predicted molar refractivity (Wildman–Crippen MR) is 60.0 cm³/mol. The molecule has 1 atom stereocenters. The molecule has 0 fully saturated rings. The number of hydrogen-bond donors (Lipinski definition) is 1. The fourth-order valence-corrected chi connectivity index (χ4v) is 1.46. The number of benzene rings is 1. The maximum absolute atomic E-state index is 12.9. The first-order valence-electron chi connectivity index (χ1n) is 5.42. The fraction of sp³-hybridized carbons (Fsp3) is 0.538. The van der Waals surface area contributed by atoms with E-state index >= 15 is 0 Å². The molecule has 1 N–H and O–H groups in total. The topological polar surface area (TPSA) is 20.2 Å². The molecule has 0 bridgehead atoms. The normalized spacial score (nSPS) is 13.9. The minimum Gasteiger partial charge on any atom is -0.388 e. The van der Waals surface area contributed by atoms with Crippen molar-refractivity contribution in [3.8, 4) is 0 Å². The number of aliphatic hydroxyl groups excluding tert-OH is 1. The lowest BCUT2D eigenvalue weighted by Gasteiger charge is -2.20. The van der Waals surface area contributed by atoms with E-state index in [1.807, 2.05) is 0 Å². The van der Waals surface area contributed by atoms with Crippen molar-refractivity contribution in [3.05, 3.63) is 35.4 Å². The molecule has 0 saturated heterocycles. The summed E-state index contributed by atoms with van der Waals surface area (Å²) >= 11 is 0. The van der Waals surface area contributed by atoms with E-state index < -0.39 is 17.7 Å². The molecule has 1 unspecified atom stereocenters. The van der Waals surface area contributed by atoms with Gasteiger partial charge in [0.1, 0.15) is 0 Å². The first kappa shape index (κ1) is 13.1. The molecule has 3 heteroatoms. The van der Waals surface area contributed by atoms with Crippen molar-refractivity contribution in [2.24, 2.45) is 5.41 Å². The number of rotatable bonds is 3. The molecule has 1 rings (SSSR count). The van der Waals surface area contributed by atoms with Gasteiger partial charge in [-0.3, -0.25) is 0 Å². The molecule has 1 aromatic rings. The van der Waals surface area contributed by atoms with Crippen LogP contribution < -0.4 is 0 Å². The summed E-state index contributed by atoms with van der Waals surface area (Å²) in [5, 5.41) is 9.81. The van der Waals surface area contributed by atoms with Crippen molar-refractivity contribution in [2.75, 3.05) is 0 Å². The molecular weight excluding hydrogens is 210 g/mol. The van der Waals surface area contributed by atoms with Crippen molar-refractivity contribution < 1.29 is 13.9 Å². The standard InChI is InChI=1S/C13H18F2O/c1-13(2,3)7-6-12(16)9-4-5-10(14)11(15)8-9/h4-5,8,12,16H,6-7H2,1-3H3. The zero-order valence-electron chi connectivity index (χ0n) is 9.93. The summed E-state index contributed by atoms with van der Waals surface area (Å²) in [7, 11) is 0. The second kappa shape index (κ2) is 4.91. The Labute approximate surface area is 95.1 Å². The summed E-state index contributed by atoms with van der Waals surface area (Å²) in [6, 6.07) is 3.53. The van der Waals surface area contributed by atoms with Crippen LogP contribution in [-0.4, -0.2) is 5.11 Å². The molecular formula is C13H18F2O. The van der Waals surface area contributed by atoms with E-state index in [1.165, 1.54) is 6.07 Å². The van der Waals surface area contributed by atoms with Crippen molar-refractivity contribution in [2.45, 2.75) is 39.7 Å². The molecule has 0 heterocycles. The first-order chi connectivity index (χ1) is 7.29. The third-order valence-electron chi connectivity index (χ3n) is 2.50. The average Bonchev–Trinajstić information content (AvgIpc) is 2.17. The number of hydrogen-bond acceptors (Lipinski definition) is 1. The number of halogens is 2. The van der Waals surface area contributed by atoms with E-state index in [0.717, 1.165) is 18.6 Å². The van der Waals surface area contributed by atoms with Gasteiger partial charge in [-0.15, -0.1) is 0 Å².